The Hall–Kier alpha value is -3.27. The lowest BCUT2D eigenvalue weighted by Gasteiger charge is -2.07. The topological polar surface area (TPSA) is 125 Å². The van der Waals surface area contributed by atoms with Crippen molar-refractivity contribution in [3.8, 4) is 0 Å². The lowest BCUT2D eigenvalue weighted by Crippen LogP contribution is -2.21. The number of nitrogens with zero attached hydrogens (tertiary/aromatic N) is 1. The van der Waals surface area contributed by atoms with E-state index in [-0.39, 0.29) is 16.8 Å². The monoisotopic (exact) mass is 392 g/mol. The number of carbonyl (C=O) groups is 3. The molecule has 0 saturated carbocycles. The van der Waals surface area contributed by atoms with Crippen LogP contribution in [0, 0.1) is 24.0 Å². The normalized spacial score (nSPS) is 10.2. The summed E-state index contributed by atoms with van der Waals surface area (Å²) in [5, 5.41) is 13.4. The lowest BCUT2D eigenvalue weighted by molar-refractivity contribution is -0.384. The van der Waals surface area contributed by atoms with Crippen molar-refractivity contribution < 1.29 is 28.8 Å². The molecule has 0 saturated heterocycles. The Morgan fingerprint density at radius 1 is 1.15 bits per heavy atom. The molecule has 0 aliphatic carbocycles. The molecule has 0 atom stereocenters. The molecule has 0 aliphatic rings. The van der Waals surface area contributed by atoms with Crippen LogP contribution in [-0.2, 0) is 14.3 Å². The first kappa shape index (κ1) is 20.0. The highest BCUT2D eigenvalue weighted by molar-refractivity contribution is 7.16. The number of anilines is 1. The zero-order valence-corrected chi connectivity index (χ0v) is 15.5. The Balaban J connectivity index is 2.00. The van der Waals surface area contributed by atoms with Gasteiger partial charge in [-0.1, -0.05) is 0 Å². The summed E-state index contributed by atoms with van der Waals surface area (Å²) in [4.78, 5) is 46.7. The Kier molecular flexibility index (Phi) is 6.24. The molecule has 2 aromatic rings. The highest BCUT2D eigenvalue weighted by Crippen LogP contribution is 2.32. The summed E-state index contributed by atoms with van der Waals surface area (Å²) >= 11 is 1.21. The van der Waals surface area contributed by atoms with E-state index in [1.165, 1.54) is 30.6 Å². The molecule has 2 rings (SSSR count). The Labute approximate surface area is 158 Å². The van der Waals surface area contributed by atoms with Gasteiger partial charge in [0, 0.05) is 17.0 Å². The van der Waals surface area contributed by atoms with E-state index in [9.17, 15) is 24.5 Å². The summed E-state index contributed by atoms with van der Waals surface area (Å²) < 4.78 is 9.61. The average molecular weight is 392 g/mol. The molecule has 1 heterocycles. The quantitative estimate of drug-likeness (QED) is 0.455. The second-order valence-electron chi connectivity index (χ2n) is 5.41. The number of methoxy groups -OCH3 is 1. The molecular weight excluding hydrogens is 376 g/mol. The zero-order chi connectivity index (χ0) is 20.1. The van der Waals surface area contributed by atoms with Gasteiger partial charge in [-0.15, -0.1) is 11.3 Å². The molecule has 10 heteroatoms. The molecular formula is C17H16N2O7S. The second kappa shape index (κ2) is 8.41. The van der Waals surface area contributed by atoms with Gasteiger partial charge in [-0.25, -0.2) is 9.59 Å². The number of hydrogen-bond acceptors (Lipinski definition) is 8. The van der Waals surface area contributed by atoms with Gasteiger partial charge in [0.05, 0.1) is 23.2 Å². The molecule has 0 aliphatic heterocycles. The van der Waals surface area contributed by atoms with E-state index in [1.807, 2.05) is 0 Å². The number of amides is 1. The third-order valence-corrected chi connectivity index (χ3v) is 4.80. The van der Waals surface area contributed by atoms with Crippen molar-refractivity contribution in [3.05, 3.63) is 55.9 Å². The minimum absolute atomic E-state index is 0.0754. The van der Waals surface area contributed by atoms with Crippen LogP contribution in [0.25, 0.3) is 0 Å². The Bertz CT molecular complexity index is 903. The zero-order valence-electron chi connectivity index (χ0n) is 14.7. The summed E-state index contributed by atoms with van der Waals surface area (Å²) in [5.74, 6) is -2.00. The molecule has 0 bridgehead atoms. The molecule has 9 nitrogen and oxygen atoms in total. The van der Waals surface area contributed by atoms with E-state index >= 15 is 0 Å². The fraction of sp³-hybridized carbons (Fsp3) is 0.235. The van der Waals surface area contributed by atoms with Crippen LogP contribution < -0.4 is 5.32 Å². The van der Waals surface area contributed by atoms with E-state index in [1.54, 1.807) is 13.8 Å². The van der Waals surface area contributed by atoms with Crippen LogP contribution in [0.15, 0.2) is 24.3 Å². The summed E-state index contributed by atoms with van der Waals surface area (Å²) in [6.07, 6.45) is 0. The molecule has 0 unspecified atom stereocenters. The number of non-ortho nitro benzene ring substituents is 1. The summed E-state index contributed by atoms with van der Waals surface area (Å²) in [6, 6.07) is 4.80. The molecule has 0 radical (unpaired) electrons. The van der Waals surface area contributed by atoms with Crippen LogP contribution >= 0.6 is 11.3 Å². The largest absolute Gasteiger partial charge is 0.465 e. The smallest absolute Gasteiger partial charge is 0.341 e. The maximum atomic E-state index is 12.1. The maximum absolute atomic E-state index is 12.1. The van der Waals surface area contributed by atoms with Gasteiger partial charge in [0.25, 0.3) is 11.6 Å². The molecule has 1 aromatic carbocycles. The van der Waals surface area contributed by atoms with Crippen molar-refractivity contribution in [1.29, 1.82) is 0 Å². The van der Waals surface area contributed by atoms with Gasteiger partial charge >= 0.3 is 11.9 Å². The summed E-state index contributed by atoms with van der Waals surface area (Å²) in [7, 11) is 1.24. The van der Waals surface area contributed by atoms with Crippen LogP contribution in [0.3, 0.4) is 0 Å². The number of benzene rings is 1. The molecule has 0 fully saturated rings. The van der Waals surface area contributed by atoms with E-state index in [0.717, 1.165) is 17.0 Å². The van der Waals surface area contributed by atoms with E-state index in [0.29, 0.717) is 10.6 Å². The van der Waals surface area contributed by atoms with Crippen molar-refractivity contribution in [3.63, 3.8) is 0 Å². The van der Waals surface area contributed by atoms with Crippen LogP contribution in [0.5, 0.6) is 0 Å². The molecule has 1 N–H and O–H groups in total. The standard InChI is InChI=1S/C17H16N2O7S/c1-9-10(2)27-15(14(9)17(22)25-3)18-13(20)8-26-16(21)11-4-6-12(7-5-11)19(23)24/h4-7H,8H2,1-3H3,(H,18,20). The molecule has 27 heavy (non-hydrogen) atoms. The predicted octanol–water partition coefficient (Wildman–Crippen LogP) is 2.86. The number of hydrogen-bond donors (Lipinski definition) is 1. The number of rotatable bonds is 6. The first-order valence-corrected chi connectivity index (χ1v) is 8.46. The first-order valence-electron chi connectivity index (χ1n) is 7.64. The number of aryl methyl sites for hydroxylation is 1. The van der Waals surface area contributed by atoms with Crippen molar-refractivity contribution in [2.45, 2.75) is 13.8 Å². The van der Waals surface area contributed by atoms with Crippen molar-refractivity contribution >= 4 is 39.9 Å². The molecule has 1 aromatic heterocycles. The SMILES string of the molecule is COC(=O)c1c(NC(=O)COC(=O)c2ccc([N+](=O)[O-])cc2)sc(C)c1C. The highest BCUT2D eigenvalue weighted by atomic mass is 32.1. The fourth-order valence-electron chi connectivity index (χ4n) is 2.16. The number of thiophene rings is 1. The number of esters is 2. The van der Waals surface area contributed by atoms with Gasteiger partial charge in [0.15, 0.2) is 6.61 Å². The van der Waals surface area contributed by atoms with Gasteiger partial charge in [-0.05, 0) is 31.5 Å². The van der Waals surface area contributed by atoms with Crippen molar-refractivity contribution in [2.24, 2.45) is 0 Å². The average Bonchev–Trinajstić information content (AvgIpc) is 2.92. The minimum atomic E-state index is -0.799. The highest BCUT2D eigenvalue weighted by Gasteiger charge is 2.22. The Morgan fingerprint density at radius 3 is 2.33 bits per heavy atom. The van der Waals surface area contributed by atoms with Crippen molar-refractivity contribution in [1.82, 2.24) is 0 Å². The van der Waals surface area contributed by atoms with Crippen LogP contribution in [0.1, 0.15) is 31.2 Å². The molecule has 0 spiro atoms. The third-order valence-electron chi connectivity index (χ3n) is 3.68. The first-order chi connectivity index (χ1) is 12.7. The van der Waals surface area contributed by atoms with Gasteiger partial charge in [0.2, 0.25) is 0 Å². The van der Waals surface area contributed by atoms with Gasteiger partial charge in [-0.2, -0.15) is 0 Å². The predicted molar refractivity (Wildman–Crippen MR) is 97.1 cm³/mol. The summed E-state index contributed by atoms with van der Waals surface area (Å²) in [6.45, 7) is 2.96. The number of nitro benzene ring substituents is 1. The third kappa shape index (κ3) is 4.67. The Morgan fingerprint density at radius 2 is 1.78 bits per heavy atom. The van der Waals surface area contributed by atoms with Crippen LogP contribution in [-0.4, -0.2) is 36.5 Å². The number of ether oxygens (including phenoxy) is 2. The van der Waals surface area contributed by atoms with Crippen LogP contribution in [0.2, 0.25) is 0 Å². The van der Waals surface area contributed by atoms with E-state index < -0.39 is 29.4 Å². The van der Waals surface area contributed by atoms with Crippen molar-refractivity contribution in [2.75, 3.05) is 19.0 Å². The lowest BCUT2D eigenvalue weighted by atomic mass is 10.1. The minimum Gasteiger partial charge on any atom is -0.465 e. The summed E-state index contributed by atoms with van der Waals surface area (Å²) in [5.41, 5.74) is 0.870. The van der Waals surface area contributed by atoms with E-state index in [2.05, 4.69) is 5.32 Å². The fourth-order valence-corrected chi connectivity index (χ4v) is 3.22. The number of nitro groups is 1. The van der Waals surface area contributed by atoms with E-state index in [4.69, 9.17) is 9.47 Å². The number of carbonyl (C=O) groups excluding carboxylic acids is 3. The second-order valence-corrected chi connectivity index (χ2v) is 6.63. The molecule has 1 amide bonds. The molecule has 142 valence electrons. The maximum Gasteiger partial charge on any atom is 0.341 e. The van der Waals surface area contributed by atoms with Crippen LogP contribution in [0.4, 0.5) is 10.7 Å². The van der Waals surface area contributed by atoms with Gasteiger partial charge < -0.3 is 14.8 Å². The van der Waals surface area contributed by atoms with Gasteiger partial charge in [0.1, 0.15) is 5.00 Å². The van der Waals surface area contributed by atoms with Gasteiger partial charge in [-0.3, -0.25) is 14.9 Å². The number of nitrogens with one attached hydrogen (secondary N) is 1.